The van der Waals surface area contributed by atoms with E-state index in [0.29, 0.717) is 32.4 Å². The van der Waals surface area contributed by atoms with Gasteiger partial charge in [-0.15, -0.1) is 0 Å². The normalized spacial score (nSPS) is 25.3. The number of benzene rings is 1. The fourth-order valence-electron chi connectivity index (χ4n) is 5.08. The van der Waals surface area contributed by atoms with Gasteiger partial charge in [0.15, 0.2) is 0 Å². The maximum atomic E-state index is 13.5. The number of rotatable bonds is 6. The third kappa shape index (κ3) is 4.59. The van der Waals surface area contributed by atoms with E-state index < -0.39 is 6.04 Å². The number of hydrogen-bond acceptors (Lipinski definition) is 4. The number of fused-ring (bicyclic) bond motifs is 1. The van der Waals surface area contributed by atoms with E-state index in [9.17, 15) is 14.4 Å². The second kappa shape index (κ2) is 9.35. The predicted molar refractivity (Wildman–Crippen MR) is 119 cm³/mol. The highest BCUT2D eigenvalue weighted by Crippen LogP contribution is 2.37. The summed E-state index contributed by atoms with van der Waals surface area (Å²) >= 11 is 0. The zero-order valence-electron chi connectivity index (χ0n) is 18.6. The van der Waals surface area contributed by atoms with Crippen LogP contribution in [0.2, 0.25) is 0 Å². The summed E-state index contributed by atoms with van der Waals surface area (Å²) < 4.78 is 0. The van der Waals surface area contributed by atoms with E-state index in [1.165, 1.54) is 10.5 Å². The summed E-state index contributed by atoms with van der Waals surface area (Å²) in [5, 5.41) is 0. The molecular weight excluding hydrogens is 390 g/mol. The van der Waals surface area contributed by atoms with Crippen molar-refractivity contribution in [3.63, 3.8) is 0 Å². The number of imide groups is 1. The molecule has 2 aliphatic heterocycles. The summed E-state index contributed by atoms with van der Waals surface area (Å²) in [6.45, 7) is 7.81. The molecule has 1 aromatic carbocycles. The Hall–Kier alpha value is -2.47. The van der Waals surface area contributed by atoms with Gasteiger partial charge < -0.3 is 4.90 Å². The Bertz CT molecular complexity index is 817. The average Bonchev–Trinajstić information content (AvgIpc) is 3.03. The minimum absolute atomic E-state index is 0.0682. The molecule has 166 valence electrons. The fraction of sp³-hybridized carbons (Fsp3) is 0.560. The van der Waals surface area contributed by atoms with Crippen molar-refractivity contribution in [2.45, 2.75) is 45.7 Å². The van der Waals surface area contributed by atoms with E-state index >= 15 is 0 Å². The fourth-order valence-corrected chi connectivity index (χ4v) is 5.08. The third-order valence-electron chi connectivity index (χ3n) is 6.77. The lowest BCUT2D eigenvalue weighted by molar-refractivity contribution is -0.153. The highest BCUT2D eigenvalue weighted by atomic mass is 16.2. The molecule has 1 aromatic rings. The number of carbonyl (C=O) groups excluding carboxylic acids is 3. The maximum absolute atomic E-state index is 13.5. The first-order chi connectivity index (χ1) is 15.0. The Morgan fingerprint density at radius 3 is 2.06 bits per heavy atom. The summed E-state index contributed by atoms with van der Waals surface area (Å²) in [4.78, 5) is 45.3. The number of nitrogens with zero attached hydrogens (tertiary/aromatic N) is 3. The first-order valence-electron chi connectivity index (χ1n) is 11.5. The van der Waals surface area contributed by atoms with Crippen LogP contribution in [0.3, 0.4) is 0 Å². The number of piperazine rings is 1. The van der Waals surface area contributed by atoms with E-state index in [-0.39, 0.29) is 35.5 Å². The van der Waals surface area contributed by atoms with Crippen LogP contribution in [0, 0.1) is 17.8 Å². The lowest BCUT2D eigenvalue weighted by Crippen LogP contribution is -2.56. The summed E-state index contributed by atoms with van der Waals surface area (Å²) in [6, 6.07) is 9.67. The van der Waals surface area contributed by atoms with Gasteiger partial charge in [0, 0.05) is 32.7 Å². The van der Waals surface area contributed by atoms with Crippen molar-refractivity contribution in [3.8, 4) is 0 Å². The highest BCUT2D eigenvalue weighted by Gasteiger charge is 2.51. The van der Waals surface area contributed by atoms with Crippen molar-refractivity contribution in [1.82, 2.24) is 14.7 Å². The molecule has 6 heteroatoms. The predicted octanol–water partition coefficient (Wildman–Crippen LogP) is 2.70. The minimum Gasteiger partial charge on any atom is -0.338 e. The Morgan fingerprint density at radius 2 is 1.52 bits per heavy atom. The van der Waals surface area contributed by atoms with Gasteiger partial charge in [0.1, 0.15) is 6.04 Å². The molecule has 1 aliphatic carbocycles. The van der Waals surface area contributed by atoms with Gasteiger partial charge in [-0.3, -0.25) is 24.2 Å². The Kier molecular flexibility index (Phi) is 6.56. The number of likely N-dealkylation sites (tertiary alicyclic amines) is 1. The zero-order valence-corrected chi connectivity index (χ0v) is 18.6. The van der Waals surface area contributed by atoms with Gasteiger partial charge in [-0.05, 0) is 30.7 Å². The molecular formula is C25H33N3O3. The molecule has 2 saturated heterocycles. The number of carbonyl (C=O) groups is 3. The molecule has 31 heavy (non-hydrogen) atoms. The van der Waals surface area contributed by atoms with E-state index in [2.05, 4.69) is 17.0 Å². The lowest BCUT2D eigenvalue weighted by atomic mass is 9.85. The molecule has 0 radical (unpaired) electrons. The molecule has 0 N–H and O–H groups in total. The smallest absolute Gasteiger partial charge is 0.245 e. The van der Waals surface area contributed by atoms with Crippen molar-refractivity contribution in [3.05, 3.63) is 48.0 Å². The largest absolute Gasteiger partial charge is 0.338 e. The Morgan fingerprint density at radius 1 is 0.935 bits per heavy atom. The molecule has 2 heterocycles. The maximum Gasteiger partial charge on any atom is 0.245 e. The van der Waals surface area contributed by atoms with Gasteiger partial charge in [-0.1, -0.05) is 56.3 Å². The van der Waals surface area contributed by atoms with Crippen LogP contribution in [0.15, 0.2) is 42.5 Å². The number of hydrogen-bond donors (Lipinski definition) is 0. The van der Waals surface area contributed by atoms with Crippen LogP contribution in [0.1, 0.15) is 38.7 Å². The van der Waals surface area contributed by atoms with Crippen LogP contribution in [-0.4, -0.2) is 64.6 Å². The summed E-state index contributed by atoms with van der Waals surface area (Å²) in [6.07, 6.45) is 5.70. The summed E-state index contributed by atoms with van der Waals surface area (Å²) in [7, 11) is 0. The minimum atomic E-state index is -0.675. The first-order valence-corrected chi connectivity index (χ1v) is 11.5. The molecule has 3 amide bonds. The quantitative estimate of drug-likeness (QED) is 0.521. The van der Waals surface area contributed by atoms with Crippen LogP contribution in [0.4, 0.5) is 0 Å². The van der Waals surface area contributed by atoms with Crippen LogP contribution in [0.5, 0.6) is 0 Å². The van der Waals surface area contributed by atoms with Crippen LogP contribution in [-0.2, 0) is 20.9 Å². The Balaban J connectivity index is 1.43. The topological polar surface area (TPSA) is 60.9 Å². The van der Waals surface area contributed by atoms with Crippen molar-refractivity contribution in [1.29, 1.82) is 0 Å². The molecule has 0 aromatic heterocycles. The van der Waals surface area contributed by atoms with E-state index in [0.717, 1.165) is 19.6 Å². The van der Waals surface area contributed by atoms with Gasteiger partial charge >= 0.3 is 0 Å². The first kappa shape index (κ1) is 21.8. The second-order valence-electron chi connectivity index (χ2n) is 9.43. The van der Waals surface area contributed by atoms with Gasteiger partial charge in [-0.2, -0.15) is 0 Å². The van der Waals surface area contributed by atoms with Crippen molar-refractivity contribution in [2.24, 2.45) is 17.8 Å². The number of amides is 3. The van der Waals surface area contributed by atoms with Crippen molar-refractivity contribution < 1.29 is 14.4 Å². The van der Waals surface area contributed by atoms with Gasteiger partial charge in [-0.25, -0.2) is 0 Å². The van der Waals surface area contributed by atoms with E-state index in [4.69, 9.17) is 0 Å². The molecule has 3 unspecified atom stereocenters. The molecule has 3 aliphatic rings. The summed E-state index contributed by atoms with van der Waals surface area (Å²) in [5.41, 5.74) is 1.27. The van der Waals surface area contributed by atoms with Crippen LogP contribution in [0.25, 0.3) is 0 Å². The highest BCUT2D eigenvalue weighted by molar-refractivity contribution is 6.08. The second-order valence-corrected chi connectivity index (χ2v) is 9.43. The summed E-state index contributed by atoms with van der Waals surface area (Å²) in [5.74, 6) is -0.733. The van der Waals surface area contributed by atoms with E-state index in [1.807, 2.05) is 49.1 Å². The molecule has 4 rings (SSSR count). The monoisotopic (exact) mass is 423 g/mol. The molecule has 0 bridgehead atoms. The van der Waals surface area contributed by atoms with Gasteiger partial charge in [0.05, 0.1) is 11.8 Å². The molecule has 3 atom stereocenters. The SMILES string of the molecule is CC(C)CC(C(=O)N1CCN(Cc2ccccc2)CC1)N1C(=O)C2CC=CCC2C1=O. The van der Waals surface area contributed by atoms with Crippen LogP contribution >= 0.6 is 0 Å². The van der Waals surface area contributed by atoms with Crippen molar-refractivity contribution in [2.75, 3.05) is 26.2 Å². The molecule has 2 fully saturated rings. The lowest BCUT2D eigenvalue weighted by Gasteiger charge is -2.38. The van der Waals surface area contributed by atoms with E-state index in [1.54, 1.807) is 0 Å². The third-order valence-corrected chi connectivity index (χ3v) is 6.77. The zero-order chi connectivity index (χ0) is 22.0. The molecule has 6 nitrogen and oxygen atoms in total. The molecule has 0 saturated carbocycles. The number of allylic oxidation sites excluding steroid dienone is 2. The van der Waals surface area contributed by atoms with Crippen LogP contribution < -0.4 is 0 Å². The van der Waals surface area contributed by atoms with Gasteiger partial charge in [0.2, 0.25) is 17.7 Å². The van der Waals surface area contributed by atoms with Crippen molar-refractivity contribution >= 4 is 17.7 Å². The average molecular weight is 424 g/mol. The Labute approximate surface area is 184 Å². The standard InChI is InChI=1S/C25H33N3O3/c1-18(2)16-22(28-23(29)20-10-6-7-11-21(20)24(28)30)25(31)27-14-12-26(13-15-27)17-19-8-4-3-5-9-19/h3-9,18,20-22H,10-17H2,1-2H3. The van der Waals surface area contributed by atoms with Gasteiger partial charge in [0.25, 0.3) is 0 Å². The molecule has 0 spiro atoms.